The third-order valence-corrected chi connectivity index (χ3v) is 3.85. The number of carbonyl (C=O) groups excluding carboxylic acids is 1. The van der Waals surface area contributed by atoms with E-state index < -0.39 is 5.97 Å². The van der Waals surface area contributed by atoms with Crippen molar-refractivity contribution in [3.63, 3.8) is 0 Å². The average molecular weight is 276 g/mol. The summed E-state index contributed by atoms with van der Waals surface area (Å²) in [5, 5.41) is 8.76. The summed E-state index contributed by atoms with van der Waals surface area (Å²) in [6, 6.07) is 5.75. The Labute approximate surface area is 118 Å². The molecule has 0 aromatic heterocycles. The van der Waals surface area contributed by atoms with Gasteiger partial charge in [0, 0.05) is 31.7 Å². The van der Waals surface area contributed by atoms with Gasteiger partial charge in [-0.05, 0) is 31.0 Å². The number of amides is 1. The largest absolute Gasteiger partial charge is 0.480 e. The molecule has 1 aromatic carbocycles. The van der Waals surface area contributed by atoms with Crippen LogP contribution in [0.4, 0.5) is 0 Å². The van der Waals surface area contributed by atoms with Gasteiger partial charge < -0.3 is 10.0 Å². The van der Waals surface area contributed by atoms with Crippen molar-refractivity contribution >= 4 is 11.9 Å². The van der Waals surface area contributed by atoms with E-state index in [4.69, 9.17) is 5.11 Å². The highest BCUT2D eigenvalue weighted by Crippen LogP contribution is 2.16. The van der Waals surface area contributed by atoms with Crippen molar-refractivity contribution in [1.29, 1.82) is 0 Å². The molecule has 0 bridgehead atoms. The molecule has 0 spiro atoms. The predicted molar refractivity (Wildman–Crippen MR) is 75.9 cm³/mol. The van der Waals surface area contributed by atoms with Gasteiger partial charge in [-0.1, -0.05) is 12.1 Å². The van der Waals surface area contributed by atoms with Gasteiger partial charge in [-0.25, -0.2) is 0 Å². The van der Waals surface area contributed by atoms with E-state index in [1.54, 1.807) is 4.90 Å². The summed E-state index contributed by atoms with van der Waals surface area (Å²) in [6.45, 7) is 6.40. The van der Waals surface area contributed by atoms with Crippen LogP contribution in [0, 0.1) is 13.8 Å². The molecule has 0 saturated carbocycles. The first kappa shape index (κ1) is 14.5. The number of carboxylic acid groups (broad SMARTS) is 1. The second-order valence-electron chi connectivity index (χ2n) is 5.21. The van der Waals surface area contributed by atoms with Crippen LogP contribution in [0.2, 0.25) is 0 Å². The monoisotopic (exact) mass is 276 g/mol. The number of rotatable bonds is 3. The van der Waals surface area contributed by atoms with Crippen LogP contribution in [0.1, 0.15) is 21.5 Å². The molecule has 0 unspecified atom stereocenters. The van der Waals surface area contributed by atoms with Crippen LogP contribution in [0.3, 0.4) is 0 Å². The normalized spacial score (nSPS) is 16.2. The van der Waals surface area contributed by atoms with Gasteiger partial charge in [-0.3, -0.25) is 14.5 Å². The molecule has 0 radical (unpaired) electrons. The first-order valence-corrected chi connectivity index (χ1v) is 6.78. The Hall–Kier alpha value is -1.88. The molecule has 20 heavy (non-hydrogen) atoms. The molecule has 108 valence electrons. The number of carboxylic acids is 1. The van der Waals surface area contributed by atoms with Crippen LogP contribution in [0.25, 0.3) is 0 Å². The lowest BCUT2D eigenvalue weighted by Gasteiger charge is -2.34. The molecule has 5 nitrogen and oxygen atoms in total. The minimum atomic E-state index is -0.820. The topological polar surface area (TPSA) is 60.9 Å². The Morgan fingerprint density at radius 3 is 2.40 bits per heavy atom. The van der Waals surface area contributed by atoms with E-state index in [9.17, 15) is 9.59 Å². The second kappa shape index (κ2) is 6.05. The summed E-state index contributed by atoms with van der Waals surface area (Å²) in [5.41, 5.74) is 2.88. The molecule has 1 aliphatic rings. The fourth-order valence-corrected chi connectivity index (χ4v) is 2.45. The third-order valence-electron chi connectivity index (χ3n) is 3.85. The number of nitrogens with zero attached hydrogens (tertiary/aromatic N) is 2. The van der Waals surface area contributed by atoms with E-state index >= 15 is 0 Å². The van der Waals surface area contributed by atoms with Crippen molar-refractivity contribution in [1.82, 2.24) is 9.80 Å². The zero-order valence-corrected chi connectivity index (χ0v) is 11.9. The number of aliphatic carboxylic acids is 1. The third kappa shape index (κ3) is 3.17. The van der Waals surface area contributed by atoms with Gasteiger partial charge in [0.05, 0.1) is 6.54 Å². The van der Waals surface area contributed by atoms with E-state index in [-0.39, 0.29) is 12.5 Å². The van der Waals surface area contributed by atoms with E-state index in [1.165, 1.54) is 0 Å². The first-order chi connectivity index (χ1) is 9.49. The highest BCUT2D eigenvalue weighted by Gasteiger charge is 2.24. The summed E-state index contributed by atoms with van der Waals surface area (Å²) >= 11 is 0. The number of benzene rings is 1. The fraction of sp³-hybridized carbons (Fsp3) is 0.467. The molecule has 1 aliphatic heterocycles. The van der Waals surface area contributed by atoms with Gasteiger partial charge in [0.25, 0.3) is 5.91 Å². The molecule has 5 heteroatoms. The maximum absolute atomic E-state index is 12.5. The molecule has 1 aromatic rings. The lowest BCUT2D eigenvalue weighted by molar-refractivity contribution is -0.138. The van der Waals surface area contributed by atoms with Crippen molar-refractivity contribution in [2.75, 3.05) is 32.7 Å². The van der Waals surface area contributed by atoms with E-state index in [0.29, 0.717) is 26.2 Å². The molecule has 1 heterocycles. The van der Waals surface area contributed by atoms with E-state index in [2.05, 4.69) is 0 Å². The summed E-state index contributed by atoms with van der Waals surface area (Å²) in [7, 11) is 0. The Balaban J connectivity index is 2.02. The van der Waals surface area contributed by atoms with Crippen molar-refractivity contribution in [3.05, 3.63) is 34.9 Å². The Kier molecular flexibility index (Phi) is 4.39. The standard InChI is InChI=1S/C15H20N2O3/c1-11-4-3-5-13(12(11)2)15(20)17-8-6-16(7-9-17)10-14(18)19/h3-5H,6-10H2,1-2H3,(H,18,19). The number of carbonyl (C=O) groups is 2. The van der Waals surface area contributed by atoms with Crippen LogP contribution in [-0.4, -0.2) is 59.5 Å². The first-order valence-electron chi connectivity index (χ1n) is 6.78. The Morgan fingerprint density at radius 1 is 1.15 bits per heavy atom. The van der Waals surface area contributed by atoms with Crippen molar-refractivity contribution in [2.24, 2.45) is 0 Å². The maximum Gasteiger partial charge on any atom is 0.317 e. The van der Waals surface area contributed by atoms with E-state index in [0.717, 1.165) is 16.7 Å². The smallest absolute Gasteiger partial charge is 0.317 e. The van der Waals surface area contributed by atoms with Gasteiger partial charge in [-0.15, -0.1) is 0 Å². The average Bonchev–Trinajstić information content (AvgIpc) is 2.41. The van der Waals surface area contributed by atoms with Gasteiger partial charge in [-0.2, -0.15) is 0 Å². The number of piperazine rings is 1. The second-order valence-corrected chi connectivity index (χ2v) is 5.21. The zero-order chi connectivity index (χ0) is 14.7. The number of hydrogen-bond donors (Lipinski definition) is 1. The highest BCUT2D eigenvalue weighted by molar-refractivity contribution is 5.96. The molecule has 1 fully saturated rings. The minimum Gasteiger partial charge on any atom is -0.480 e. The summed E-state index contributed by atoms with van der Waals surface area (Å²) < 4.78 is 0. The maximum atomic E-state index is 12.5. The Bertz CT molecular complexity index is 520. The molecular weight excluding hydrogens is 256 g/mol. The van der Waals surface area contributed by atoms with Crippen molar-refractivity contribution < 1.29 is 14.7 Å². The van der Waals surface area contributed by atoms with E-state index in [1.807, 2.05) is 36.9 Å². The van der Waals surface area contributed by atoms with Crippen LogP contribution in [-0.2, 0) is 4.79 Å². The Morgan fingerprint density at radius 2 is 1.80 bits per heavy atom. The molecule has 1 saturated heterocycles. The highest BCUT2D eigenvalue weighted by atomic mass is 16.4. The summed E-state index contributed by atoms with van der Waals surface area (Å²) in [4.78, 5) is 26.8. The summed E-state index contributed by atoms with van der Waals surface area (Å²) in [5.74, 6) is -0.777. The van der Waals surface area contributed by atoms with Crippen LogP contribution in [0.15, 0.2) is 18.2 Å². The molecular formula is C15H20N2O3. The molecule has 1 amide bonds. The lowest BCUT2D eigenvalue weighted by atomic mass is 10.0. The van der Waals surface area contributed by atoms with Gasteiger partial charge in [0.2, 0.25) is 0 Å². The molecule has 2 rings (SSSR count). The van der Waals surface area contributed by atoms with Gasteiger partial charge in [0.15, 0.2) is 0 Å². The lowest BCUT2D eigenvalue weighted by Crippen LogP contribution is -2.50. The van der Waals surface area contributed by atoms with Crippen LogP contribution in [0.5, 0.6) is 0 Å². The fourth-order valence-electron chi connectivity index (χ4n) is 2.45. The SMILES string of the molecule is Cc1cccc(C(=O)N2CCN(CC(=O)O)CC2)c1C. The number of hydrogen-bond acceptors (Lipinski definition) is 3. The van der Waals surface area contributed by atoms with Crippen LogP contribution < -0.4 is 0 Å². The minimum absolute atomic E-state index is 0.0428. The molecule has 1 N–H and O–H groups in total. The van der Waals surface area contributed by atoms with Crippen molar-refractivity contribution in [2.45, 2.75) is 13.8 Å². The molecule has 0 aliphatic carbocycles. The van der Waals surface area contributed by atoms with Crippen molar-refractivity contribution in [3.8, 4) is 0 Å². The molecule has 0 atom stereocenters. The predicted octanol–water partition coefficient (Wildman–Crippen LogP) is 1.15. The zero-order valence-electron chi connectivity index (χ0n) is 11.9. The number of aryl methyl sites for hydroxylation is 1. The van der Waals surface area contributed by atoms with Crippen LogP contribution >= 0.6 is 0 Å². The quantitative estimate of drug-likeness (QED) is 0.899. The van der Waals surface area contributed by atoms with Gasteiger partial charge in [0.1, 0.15) is 0 Å². The summed E-state index contributed by atoms with van der Waals surface area (Å²) in [6.07, 6.45) is 0. The van der Waals surface area contributed by atoms with Gasteiger partial charge >= 0.3 is 5.97 Å².